The number of hydrogen-bond donors (Lipinski definition) is 0. The van der Waals surface area contributed by atoms with Crippen molar-refractivity contribution in [2.75, 3.05) is 6.61 Å². The van der Waals surface area contributed by atoms with Gasteiger partial charge >= 0.3 is 5.97 Å². The molecule has 3 aromatic rings. The SMILES string of the molecule is O=C(OCC(=O)N(Cc1ccccc1)C1CC1)c1ccc(CS(=O)(=O)c2ccccc2)o1. The number of nitrogens with zero attached hydrogens (tertiary/aromatic N) is 1. The number of ether oxygens (including phenoxy) is 1. The third-order valence-corrected chi connectivity index (χ3v) is 6.78. The van der Waals surface area contributed by atoms with E-state index in [1.165, 1.54) is 24.3 Å². The first-order valence-corrected chi connectivity index (χ1v) is 11.9. The number of benzene rings is 2. The molecule has 0 saturated heterocycles. The van der Waals surface area contributed by atoms with E-state index in [0.29, 0.717) is 6.54 Å². The van der Waals surface area contributed by atoms with Crippen molar-refractivity contribution < 1.29 is 27.2 Å². The Morgan fingerprint density at radius 2 is 1.59 bits per heavy atom. The number of hydrogen-bond acceptors (Lipinski definition) is 6. The predicted molar refractivity (Wildman–Crippen MR) is 116 cm³/mol. The largest absolute Gasteiger partial charge is 0.453 e. The van der Waals surface area contributed by atoms with Crippen LogP contribution in [0.25, 0.3) is 0 Å². The number of rotatable bonds is 9. The fourth-order valence-electron chi connectivity index (χ4n) is 3.33. The molecule has 0 radical (unpaired) electrons. The molecule has 0 atom stereocenters. The fraction of sp³-hybridized carbons (Fsp3) is 0.250. The standard InChI is InChI=1S/C24H23NO6S/c26-23(25(19-11-12-19)15-18-7-3-1-4-8-18)16-30-24(27)22-14-13-20(31-22)17-32(28,29)21-9-5-2-6-10-21/h1-10,13-14,19H,11-12,15-17H2. The summed E-state index contributed by atoms with van der Waals surface area (Å²) in [6, 6.07) is 20.6. The molecule has 2 aromatic carbocycles. The molecule has 1 amide bonds. The average Bonchev–Trinajstić information content (AvgIpc) is 3.55. The number of carbonyl (C=O) groups excluding carboxylic acids is 2. The third kappa shape index (κ3) is 5.45. The third-order valence-electron chi connectivity index (χ3n) is 5.13. The zero-order valence-corrected chi connectivity index (χ0v) is 18.2. The molecular weight excluding hydrogens is 430 g/mol. The van der Waals surface area contributed by atoms with Crippen LogP contribution in [-0.2, 0) is 31.7 Å². The van der Waals surface area contributed by atoms with Crippen LogP contribution in [0.4, 0.5) is 0 Å². The van der Waals surface area contributed by atoms with E-state index in [0.717, 1.165) is 18.4 Å². The summed E-state index contributed by atoms with van der Waals surface area (Å²) < 4.78 is 35.4. The van der Waals surface area contributed by atoms with Crippen LogP contribution in [0.2, 0.25) is 0 Å². The molecule has 1 aromatic heterocycles. The Kier molecular flexibility index (Phi) is 6.41. The smallest absolute Gasteiger partial charge is 0.374 e. The van der Waals surface area contributed by atoms with E-state index in [9.17, 15) is 18.0 Å². The van der Waals surface area contributed by atoms with Crippen molar-refractivity contribution >= 4 is 21.7 Å². The van der Waals surface area contributed by atoms with Gasteiger partial charge in [0.15, 0.2) is 16.4 Å². The van der Waals surface area contributed by atoms with Gasteiger partial charge in [0.1, 0.15) is 11.5 Å². The monoisotopic (exact) mass is 453 g/mol. The maximum absolute atomic E-state index is 12.7. The normalized spacial score (nSPS) is 13.5. The second-order valence-corrected chi connectivity index (χ2v) is 9.64. The Labute approximate surface area is 186 Å². The lowest BCUT2D eigenvalue weighted by molar-refractivity contribution is -0.135. The van der Waals surface area contributed by atoms with Crippen LogP contribution in [0.3, 0.4) is 0 Å². The molecule has 8 heteroatoms. The molecule has 1 heterocycles. The molecule has 4 rings (SSSR count). The summed E-state index contributed by atoms with van der Waals surface area (Å²) in [6.45, 7) is 0.0602. The summed E-state index contributed by atoms with van der Waals surface area (Å²) in [6.07, 6.45) is 1.87. The lowest BCUT2D eigenvalue weighted by atomic mass is 10.2. The van der Waals surface area contributed by atoms with Gasteiger partial charge in [-0.2, -0.15) is 0 Å². The van der Waals surface area contributed by atoms with Crippen molar-refractivity contribution in [2.24, 2.45) is 0 Å². The zero-order chi connectivity index (χ0) is 22.6. The van der Waals surface area contributed by atoms with Crippen LogP contribution in [-0.4, -0.2) is 37.8 Å². The van der Waals surface area contributed by atoms with Crippen LogP contribution >= 0.6 is 0 Å². The second kappa shape index (κ2) is 9.40. The van der Waals surface area contributed by atoms with Crippen LogP contribution in [0.1, 0.15) is 34.7 Å². The maximum Gasteiger partial charge on any atom is 0.374 e. The van der Waals surface area contributed by atoms with Crippen LogP contribution in [0.5, 0.6) is 0 Å². The van der Waals surface area contributed by atoms with E-state index in [2.05, 4.69) is 0 Å². The highest BCUT2D eigenvalue weighted by Crippen LogP contribution is 2.28. The van der Waals surface area contributed by atoms with Gasteiger partial charge in [0.2, 0.25) is 5.76 Å². The quantitative estimate of drug-likeness (QED) is 0.460. The number of carbonyl (C=O) groups is 2. The van der Waals surface area contributed by atoms with Crippen molar-refractivity contribution in [1.29, 1.82) is 0 Å². The molecule has 0 N–H and O–H groups in total. The van der Waals surface area contributed by atoms with Gasteiger partial charge in [-0.15, -0.1) is 0 Å². The van der Waals surface area contributed by atoms with Gasteiger partial charge < -0.3 is 14.1 Å². The molecular formula is C24H23NO6S. The zero-order valence-electron chi connectivity index (χ0n) is 17.3. The first-order chi connectivity index (χ1) is 15.4. The molecule has 1 aliphatic rings. The molecule has 1 fully saturated rings. The number of furan rings is 1. The Hall–Kier alpha value is -3.39. The minimum atomic E-state index is -3.60. The Morgan fingerprint density at radius 1 is 0.938 bits per heavy atom. The van der Waals surface area contributed by atoms with Crippen molar-refractivity contribution in [3.05, 3.63) is 89.9 Å². The molecule has 7 nitrogen and oxygen atoms in total. The molecule has 1 saturated carbocycles. The van der Waals surface area contributed by atoms with E-state index < -0.39 is 22.4 Å². The topological polar surface area (TPSA) is 93.9 Å². The van der Waals surface area contributed by atoms with Crippen LogP contribution in [0.15, 0.2) is 82.1 Å². The highest BCUT2D eigenvalue weighted by atomic mass is 32.2. The highest BCUT2D eigenvalue weighted by molar-refractivity contribution is 7.90. The number of esters is 1. The summed E-state index contributed by atoms with van der Waals surface area (Å²) in [5, 5.41) is 0. The lowest BCUT2D eigenvalue weighted by Crippen LogP contribution is -2.36. The van der Waals surface area contributed by atoms with E-state index in [1.807, 2.05) is 30.3 Å². The van der Waals surface area contributed by atoms with Crippen LogP contribution < -0.4 is 0 Å². The van der Waals surface area contributed by atoms with Gasteiger partial charge in [-0.05, 0) is 42.7 Å². The molecule has 1 aliphatic carbocycles. The number of amides is 1. The predicted octanol–water partition coefficient (Wildman–Crippen LogP) is 3.60. The summed E-state index contributed by atoms with van der Waals surface area (Å²) in [7, 11) is -3.60. The Morgan fingerprint density at radius 3 is 2.25 bits per heavy atom. The molecule has 0 unspecified atom stereocenters. The average molecular weight is 454 g/mol. The van der Waals surface area contributed by atoms with Crippen molar-refractivity contribution in [3.8, 4) is 0 Å². The van der Waals surface area contributed by atoms with Crippen LogP contribution in [0, 0.1) is 0 Å². The minimum absolute atomic E-state index is 0.121. The van der Waals surface area contributed by atoms with Gasteiger partial charge in [-0.3, -0.25) is 4.79 Å². The summed E-state index contributed by atoms with van der Waals surface area (Å²) in [4.78, 5) is 26.9. The summed E-state index contributed by atoms with van der Waals surface area (Å²) in [5.41, 5.74) is 1.01. The highest BCUT2D eigenvalue weighted by Gasteiger charge is 2.33. The van der Waals surface area contributed by atoms with Gasteiger partial charge in [-0.1, -0.05) is 48.5 Å². The van der Waals surface area contributed by atoms with Gasteiger partial charge in [0.05, 0.1) is 4.90 Å². The fourth-order valence-corrected chi connectivity index (χ4v) is 4.60. The first-order valence-electron chi connectivity index (χ1n) is 10.3. The van der Waals surface area contributed by atoms with E-state index in [-0.39, 0.29) is 34.1 Å². The Bertz CT molecular complexity index is 1180. The van der Waals surface area contributed by atoms with Crippen molar-refractivity contribution in [2.45, 2.75) is 36.1 Å². The minimum Gasteiger partial charge on any atom is -0.453 e. The maximum atomic E-state index is 12.7. The lowest BCUT2D eigenvalue weighted by Gasteiger charge is -2.22. The van der Waals surface area contributed by atoms with E-state index in [4.69, 9.17) is 9.15 Å². The molecule has 0 spiro atoms. The van der Waals surface area contributed by atoms with E-state index in [1.54, 1.807) is 23.1 Å². The van der Waals surface area contributed by atoms with Gasteiger partial charge in [0, 0.05) is 12.6 Å². The molecule has 166 valence electrons. The molecule has 32 heavy (non-hydrogen) atoms. The molecule has 0 aliphatic heterocycles. The van der Waals surface area contributed by atoms with Gasteiger partial charge in [0.25, 0.3) is 5.91 Å². The van der Waals surface area contributed by atoms with E-state index >= 15 is 0 Å². The second-order valence-electron chi connectivity index (χ2n) is 7.65. The molecule has 0 bridgehead atoms. The van der Waals surface area contributed by atoms with Crippen molar-refractivity contribution in [1.82, 2.24) is 4.90 Å². The van der Waals surface area contributed by atoms with Crippen molar-refractivity contribution in [3.63, 3.8) is 0 Å². The van der Waals surface area contributed by atoms with Gasteiger partial charge in [-0.25, -0.2) is 13.2 Å². The summed E-state index contributed by atoms with van der Waals surface area (Å²) >= 11 is 0. The number of sulfone groups is 1. The first kappa shape index (κ1) is 21.8. The summed E-state index contributed by atoms with van der Waals surface area (Å²) in [5.74, 6) is -1.48. The Balaban J connectivity index is 1.34.